The third-order valence-corrected chi connectivity index (χ3v) is 3.11. The van der Waals surface area contributed by atoms with Gasteiger partial charge in [0.1, 0.15) is 6.61 Å². The van der Waals surface area contributed by atoms with Crippen molar-refractivity contribution in [2.24, 2.45) is 0 Å². The number of non-ortho nitro benzene ring substituents is 1. The minimum atomic E-state index is -0.548. The maximum atomic E-state index is 13.5. The molecule has 6 nitrogen and oxygen atoms in total. The van der Waals surface area contributed by atoms with Gasteiger partial charge in [0, 0.05) is 12.1 Å². The number of rotatable bonds is 6. The fraction of sp³-hybridized carbons (Fsp3) is 0.188. The van der Waals surface area contributed by atoms with Crippen molar-refractivity contribution in [1.82, 2.24) is 0 Å². The van der Waals surface area contributed by atoms with Crippen LogP contribution in [0.15, 0.2) is 42.5 Å². The van der Waals surface area contributed by atoms with Crippen LogP contribution in [-0.4, -0.2) is 18.0 Å². The maximum absolute atomic E-state index is 13.5. The molecule has 0 N–H and O–H groups in total. The van der Waals surface area contributed by atoms with Gasteiger partial charge in [0.2, 0.25) is 0 Å². The van der Waals surface area contributed by atoms with E-state index in [2.05, 4.69) is 0 Å². The molecule has 2 aromatic carbocycles. The van der Waals surface area contributed by atoms with Crippen molar-refractivity contribution in [2.75, 3.05) is 7.11 Å². The predicted molar refractivity (Wildman–Crippen MR) is 79.5 cm³/mol. The van der Waals surface area contributed by atoms with Crippen molar-refractivity contribution in [3.63, 3.8) is 0 Å². The number of methoxy groups -OCH3 is 1. The monoisotopic (exact) mass is 319 g/mol. The molecule has 0 amide bonds. The molecule has 0 fully saturated rings. The number of hydrogen-bond donors (Lipinski definition) is 0. The van der Waals surface area contributed by atoms with E-state index in [4.69, 9.17) is 9.47 Å². The fourth-order valence-corrected chi connectivity index (χ4v) is 1.92. The van der Waals surface area contributed by atoms with E-state index in [9.17, 15) is 19.3 Å². The van der Waals surface area contributed by atoms with Gasteiger partial charge in [-0.1, -0.05) is 6.07 Å². The molecule has 23 heavy (non-hydrogen) atoms. The molecule has 0 spiro atoms. The van der Waals surface area contributed by atoms with E-state index in [-0.39, 0.29) is 24.5 Å². The van der Waals surface area contributed by atoms with Gasteiger partial charge in [0.25, 0.3) is 5.69 Å². The lowest BCUT2D eigenvalue weighted by Gasteiger charge is -2.07. The van der Waals surface area contributed by atoms with Crippen molar-refractivity contribution in [3.8, 4) is 5.75 Å². The summed E-state index contributed by atoms with van der Waals surface area (Å²) in [5, 5.41) is 10.5. The molecule has 0 aliphatic heterocycles. The minimum absolute atomic E-state index is 0.00450. The second kappa shape index (κ2) is 7.35. The summed E-state index contributed by atoms with van der Waals surface area (Å²) in [6.07, 6.45) is -0.0755. The van der Waals surface area contributed by atoms with Gasteiger partial charge in [-0.3, -0.25) is 14.9 Å². The SMILES string of the molecule is COc1ccc(CC(=O)OCc2ccc([N+](=O)[O-])cc2)cc1F. The number of nitro groups is 1. The summed E-state index contributed by atoms with van der Waals surface area (Å²) in [7, 11) is 1.36. The number of esters is 1. The first-order chi connectivity index (χ1) is 11.0. The average molecular weight is 319 g/mol. The van der Waals surface area contributed by atoms with Gasteiger partial charge in [-0.05, 0) is 35.4 Å². The molecular formula is C16H14FNO5. The molecule has 0 heterocycles. The van der Waals surface area contributed by atoms with Gasteiger partial charge >= 0.3 is 5.97 Å². The van der Waals surface area contributed by atoms with Crippen molar-refractivity contribution >= 4 is 11.7 Å². The average Bonchev–Trinajstić information content (AvgIpc) is 2.53. The number of ether oxygens (including phenoxy) is 2. The largest absolute Gasteiger partial charge is 0.494 e. The fourth-order valence-electron chi connectivity index (χ4n) is 1.92. The summed E-state index contributed by atoms with van der Waals surface area (Å²) < 4.78 is 23.4. The Bertz CT molecular complexity index is 715. The Kier molecular flexibility index (Phi) is 5.24. The summed E-state index contributed by atoms with van der Waals surface area (Å²) in [4.78, 5) is 21.8. The number of benzene rings is 2. The lowest BCUT2D eigenvalue weighted by atomic mass is 10.1. The predicted octanol–water partition coefficient (Wildman–Crippen LogP) is 3.03. The van der Waals surface area contributed by atoms with Gasteiger partial charge in [-0.15, -0.1) is 0 Å². The van der Waals surface area contributed by atoms with Gasteiger partial charge in [0.15, 0.2) is 11.6 Å². The minimum Gasteiger partial charge on any atom is -0.494 e. The molecule has 0 unspecified atom stereocenters. The van der Waals surface area contributed by atoms with E-state index < -0.39 is 16.7 Å². The highest BCUT2D eigenvalue weighted by atomic mass is 19.1. The molecule has 2 rings (SSSR count). The zero-order chi connectivity index (χ0) is 16.8. The molecule has 0 saturated carbocycles. The summed E-state index contributed by atoms with van der Waals surface area (Å²) >= 11 is 0. The Morgan fingerprint density at radius 3 is 2.39 bits per heavy atom. The standard InChI is InChI=1S/C16H14FNO5/c1-22-15-7-4-12(8-14(15)17)9-16(19)23-10-11-2-5-13(6-3-11)18(20)21/h2-8H,9-10H2,1H3. The Hall–Kier alpha value is -2.96. The third kappa shape index (κ3) is 4.50. The van der Waals surface area contributed by atoms with Crippen LogP contribution in [0.1, 0.15) is 11.1 Å². The second-order valence-corrected chi connectivity index (χ2v) is 4.73. The van der Waals surface area contributed by atoms with Crippen LogP contribution in [0.5, 0.6) is 5.75 Å². The molecule has 0 aliphatic carbocycles. The van der Waals surface area contributed by atoms with E-state index in [0.29, 0.717) is 11.1 Å². The van der Waals surface area contributed by atoms with Crippen molar-refractivity contribution in [1.29, 1.82) is 0 Å². The van der Waals surface area contributed by atoms with E-state index in [1.165, 1.54) is 43.5 Å². The third-order valence-electron chi connectivity index (χ3n) is 3.11. The number of halogens is 1. The van der Waals surface area contributed by atoms with E-state index in [0.717, 1.165) is 0 Å². The van der Waals surface area contributed by atoms with Crippen LogP contribution in [0.3, 0.4) is 0 Å². The van der Waals surface area contributed by atoms with Gasteiger partial charge in [-0.2, -0.15) is 0 Å². The number of hydrogen-bond acceptors (Lipinski definition) is 5. The Labute approximate surface area is 131 Å². The zero-order valence-corrected chi connectivity index (χ0v) is 12.3. The molecule has 0 radical (unpaired) electrons. The number of carbonyl (C=O) groups excluding carboxylic acids is 1. The van der Waals surface area contributed by atoms with Crippen LogP contribution in [0.4, 0.5) is 10.1 Å². The number of nitro benzene ring substituents is 1. The van der Waals surface area contributed by atoms with Crippen LogP contribution >= 0.6 is 0 Å². The second-order valence-electron chi connectivity index (χ2n) is 4.73. The summed E-state index contributed by atoms with van der Waals surface area (Å²) in [5.74, 6) is -0.964. The lowest BCUT2D eigenvalue weighted by Crippen LogP contribution is -2.08. The van der Waals surface area contributed by atoms with Gasteiger partial charge in [0.05, 0.1) is 18.5 Å². The van der Waals surface area contributed by atoms with E-state index >= 15 is 0 Å². The molecular weight excluding hydrogens is 305 g/mol. The van der Waals surface area contributed by atoms with E-state index in [1.807, 2.05) is 0 Å². The Morgan fingerprint density at radius 1 is 1.17 bits per heavy atom. The van der Waals surface area contributed by atoms with Crippen LogP contribution in [-0.2, 0) is 22.6 Å². The molecule has 0 atom stereocenters. The quantitative estimate of drug-likeness (QED) is 0.464. The van der Waals surface area contributed by atoms with Gasteiger partial charge < -0.3 is 9.47 Å². The maximum Gasteiger partial charge on any atom is 0.310 e. The van der Waals surface area contributed by atoms with Crippen LogP contribution in [0.2, 0.25) is 0 Å². The first-order valence-electron chi connectivity index (χ1n) is 6.71. The molecule has 0 bridgehead atoms. The first kappa shape index (κ1) is 16.4. The molecule has 0 aromatic heterocycles. The summed E-state index contributed by atoms with van der Waals surface area (Å²) in [6.45, 7) is -0.00450. The molecule has 0 saturated heterocycles. The highest BCUT2D eigenvalue weighted by molar-refractivity contribution is 5.72. The summed E-state index contributed by atoms with van der Waals surface area (Å²) in [5.41, 5.74) is 1.07. The smallest absolute Gasteiger partial charge is 0.310 e. The van der Waals surface area contributed by atoms with Crippen molar-refractivity contribution < 1.29 is 23.6 Å². The first-order valence-corrected chi connectivity index (χ1v) is 6.71. The van der Waals surface area contributed by atoms with Crippen molar-refractivity contribution in [2.45, 2.75) is 13.0 Å². The normalized spacial score (nSPS) is 10.2. The van der Waals surface area contributed by atoms with E-state index in [1.54, 1.807) is 6.07 Å². The topological polar surface area (TPSA) is 78.7 Å². The number of nitrogens with zero attached hydrogens (tertiary/aromatic N) is 1. The highest BCUT2D eigenvalue weighted by Gasteiger charge is 2.10. The Morgan fingerprint density at radius 2 is 1.83 bits per heavy atom. The van der Waals surface area contributed by atoms with Crippen molar-refractivity contribution in [3.05, 3.63) is 69.5 Å². The molecule has 0 aliphatic rings. The van der Waals surface area contributed by atoms with Crippen LogP contribution in [0.25, 0.3) is 0 Å². The summed E-state index contributed by atoms with van der Waals surface area (Å²) in [6, 6.07) is 9.93. The number of carbonyl (C=O) groups is 1. The Balaban J connectivity index is 1.89. The zero-order valence-electron chi connectivity index (χ0n) is 12.3. The lowest BCUT2D eigenvalue weighted by molar-refractivity contribution is -0.384. The van der Waals surface area contributed by atoms with Crippen LogP contribution in [0, 0.1) is 15.9 Å². The molecule has 2 aromatic rings. The van der Waals surface area contributed by atoms with Crippen LogP contribution < -0.4 is 4.74 Å². The van der Waals surface area contributed by atoms with Gasteiger partial charge in [-0.25, -0.2) is 4.39 Å². The molecule has 120 valence electrons. The highest BCUT2D eigenvalue weighted by Crippen LogP contribution is 2.18. The molecule has 7 heteroatoms.